The van der Waals surface area contributed by atoms with Crippen LogP contribution in [0.2, 0.25) is 0 Å². The van der Waals surface area contributed by atoms with E-state index in [9.17, 15) is 9.59 Å². The number of aryl methyl sites for hydroxylation is 1. The Morgan fingerprint density at radius 1 is 1.35 bits per heavy atom. The molecule has 0 aliphatic carbocycles. The highest BCUT2D eigenvalue weighted by molar-refractivity contribution is 5.95. The summed E-state index contributed by atoms with van der Waals surface area (Å²) in [5.74, 6) is -0.0603. The molecule has 1 unspecified atom stereocenters. The average molecular weight is 278 g/mol. The van der Waals surface area contributed by atoms with Crippen LogP contribution in [0, 0.1) is 5.41 Å². The first kappa shape index (κ1) is 14.6. The van der Waals surface area contributed by atoms with E-state index in [0.717, 1.165) is 13.0 Å². The quantitative estimate of drug-likeness (QED) is 0.879. The molecule has 1 atom stereocenters. The highest BCUT2D eigenvalue weighted by Crippen LogP contribution is 2.23. The summed E-state index contributed by atoms with van der Waals surface area (Å²) >= 11 is 0. The summed E-state index contributed by atoms with van der Waals surface area (Å²) in [5.41, 5.74) is -0.268. The van der Waals surface area contributed by atoms with Gasteiger partial charge in [-0.1, -0.05) is 20.8 Å². The van der Waals surface area contributed by atoms with Crippen LogP contribution < -0.4 is 5.32 Å². The van der Waals surface area contributed by atoms with Crippen molar-refractivity contribution in [1.82, 2.24) is 19.8 Å². The predicted octanol–water partition coefficient (Wildman–Crippen LogP) is 0.646. The van der Waals surface area contributed by atoms with Gasteiger partial charge in [-0.25, -0.2) is 4.98 Å². The number of rotatable bonds is 4. The third-order valence-corrected chi connectivity index (χ3v) is 3.47. The van der Waals surface area contributed by atoms with E-state index >= 15 is 0 Å². The fourth-order valence-corrected chi connectivity index (χ4v) is 2.34. The molecule has 2 heterocycles. The fraction of sp³-hybridized carbons (Fsp3) is 0.643. The summed E-state index contributed by atoms with van der Waals surface area (Å²) in [5, 5.41) is 2.79. The lowest BCUT2D eigenvalue weighted by Gasteiger charge is -2.38. The van der Waals surface area contributed by atoms with Crippen molar-refractivity contribution in [1.29, 1.82) is 0 Å². The molecule has 110 valence electrons. The minimum atomic E-state index is -0.433. The van der Waals surface area contributed by atoms with Gasteiger partial charge < -0.3 is 14.8 Å². The highest BCUT2D eigenvalue weighted by atomic mass is 16.2. The third-order valence-electron chi connectivity index (χ3n) is 3.47. The van der Waals surface area contributed by atoms with Crippen LogP contribution in [0.4, 0.5) is 0 Å². The molecule has 6 heteroatoms. The average Bonchev–Trinajstić information content (AvgIpc) is 2.84. The van der Waals surface area contributed by atoms with Gasteiger partial charge >= 0.3 is 0 Å². The van der Waals surface area contributed by atoms with Gasteiger partial charge in [0.25, 0.3) is 0 Å². The highest BCUT2D eigenvalue weighted by Gasteiger charge is 2.39. The van der Waals surface area contributed by atoms with E-state index in [-0.39, 0.29) is 23.8 Å². The second-order valence-electron chi connectivity index (χ2n) is 6.28. The van der Waals surface area contributed by atoms with Crippen molar-refractivity contribution in [3.63, 3.8) is 0 Å². The van der Waals surface area contributed by atoms with Crippen molar-refractivity contribution in [3.05, 3.63) is 18.7 Å². The van der Waals surface area contributed by atoms with Gasteiger partial charge in [0.05, 0.1) is 12.9 Å². The molecular formula is C14H22N4O2. The maximum atomic E-state index is 12.4. The molecule has 0 radical (unpaired) electrons. The van der Waals surface area contributed by atoms with E-state index < -0.39 is 6.04 Å². The van der Waals surface area contributed by atoms with Crippen molar-refractivity contribution >= 4 is 11.8 Å². The number of nitrogens with one attached hydrogen (secondary N) is 1. The lowest BCUT2D eigenvalue weighted by molar-refractivity contribution is -0.147. The number of piperazine rings is 1. The second kappa shape index (κ2) is 5.64. The van der Waals surface area contributed by atoms with Gasteiger partial charge in [-0.15, -0.1) is 0 Å². The van der Waals surface area contributed by atoms with Gasteiger partial charge in [0.15, 0.2) is 0 Å². The van der Waals surface area contributed by atoms with Gasteiger partial charge in [-0.3, -0.25) is 9.59 Å². The van der Waals surface area contributed by atoms with Crippen LogP contribution in [0.15, 0.2) is 18.7 Å². The van der Waals surface area contributed by atoms with Crippen LogP contribution in [0.5, 0.6) is 0 Å². The summed E-state index contributed by atoms with van der Waals surface area (Å²) in [6.45, 7) is 7.44. The molecule has 2 amide bonds. The fourth-order valence-electron chi connectivity index (χ4n) is 2.34. The monoisotopic (exact) mass is 278 g/mol. The first-order valence-corrected chi connectivity index (χ1v) is 6.92. The predicted molar refractivity (Wildman–Crippen MR) is 74.8 cm³/mol. The van der Waals surface area contributed by atoms with Crippen molar-refractivity contribution in [3.8, 4) is 0 Å². The lowest BCUT2D eigenvalue weighted by atomic mass is 9.85. The minimum absolute atomic E-state index is 0.0164. The van der Waals surface area contributed by atoms with Crippen LogP contribution in [0.25, 0.3) is 0 Å². The smallest absolute Gasteiger partial charge is 0.246 e. The molecule has 1 fully saturated rings. The zero-order valence-corrected chi connectivity index (χ0v) is 12.3. The number of carbonyl (C=O) groups excluding carboxylic acids is 2. The van der Waals surface area contributed by atoms with Crippen molar-refractivity contribution in [2.24, 2.45) is 5.41 Å². The molecule has 0 saturated carbocycles. The standard InChI is InChI=1S/C14H22N4O2/c1-14(2,3)12-13(20)18(9-11(19)16-12)7-4-6-17-8-5-15-10-17/h5,8,10,12H,4,6-7,9H2,1-3H3,(H,16,19). The second-order valence-corrected chi connectivity index (χ2v) is 6.28. The van der Waals surface area contributed by atoms with Crippen LogP contribution in [0.3, 0.4) is 0 Å². The van der Waals surface area contributed by atoms with Crippen LogP contribution in [-0.2, 0) is 16.1 Å². The molecule has 2 rings (SSSR count). The lowest BCUT2D eigenvalue weighted by Crippen LogP contribution is -2.62. The molecule has 0 spiro atoms. The molecule has 1 aliphatic rings. The Balaban J connectivity index is 1.93. The van der Waals surface area contributed by atoms with Gasteiger partial charge in [0.2, 0.25) is 11.8 Å². The minimum Gasteiger partial charge on any atom is -0.342 e. The summed E-state index contributed by atoms with van der Waals surface area (Å²) < 4.78 is 1.97. The Labute approximate surface area is 119 Å². The molecule has 6 nitrogen and oxygen atoms in total. The summed E-state index contributed by atoms with van der Waals surface area (Å²) in [6, 6.07) is -0.433. The molecular weight excluding hydrogens is 256 g/mol. The first-order valence-electron chi connectivity index (χ1n) is 6.92. The molecule has 1 aromatic heterocycles. The number of hydrogen-bond donors (Lipinski definition) is 1. The number of aromatic nitrogens is 2. The number of imidazole rings is 1. The number of hydrogen-bond acceptors (Lipinski definition) is 3. The third kappa shape index (κ3) is 3.37. The first-order chi connectivity index (χ1) is 9.38. The maximum absolute atomic E-state index is 12.4. The van der Waals surface area contributed by atoms with E-state index in [1.165, 1.54) is 0 Å². The van der Waals surface area contributed by atoms with Gasteiger partial charge in [0.1, 0.15) is 6.04 Å². The Bertz CT molecular complexity index is 476. The van der Waals surface area contributed by atoms with Crippen molar-refractivity contribution in [2.45, 2.75) is 39.8 Å². The zero-order chi connectivity index (χ0) is 14.8. The largest absolute Gasteiger partial charge is 0.342 e. The molecule has 1 saturated heterocycles. The van der Waals surface area contributed by atoms with Crippen LogP contribution in [-0.4, -0.2) is 45.4 Å². The molecule has 20 heavy (non-hydrogen) atoms. The van der Waals surface area contributed by atoms with E-state index in [4.69, 9.17) is 0 Å². The molecule has 1 aliphatic heterocycles. The normalized spacial score (nSPS) is 20.1. The maximum Gasteiger partial charge on any atom is 0.246 e. The summed E-state index contributed by atoms with van der Waals surface area (Å²) in [7, 11) is 0. The Morgan fingerprint density at radius 2 is 2.10 bits per heavy atom. The van der Waals surface area contributed by atoms with Crippen molar-refractivity contribution in [2.75, 3.05) is 13.1 Å². The SMILES string of the molecule is CC(C)(C)C1NC(=O)CN(CCCn2ccnc2)C1=O. The Hall–Kier alpha value is -1.85. The van der Waals surface area contributed by atoms with E-state index in [2.05, 4.69) is 10.3 Å². The van der Waals surface area contributed by atoms with E-state index in [1.807, 2.05) is 31.5 Å². The molecule has 0 aromatic carbocycles. The number of carbonyl (C=O) groups is 2. The van der Waals surface area contributed by atoms with Gasteiger partial charge in [-0.05, 0) is 11.8 Å². The summed E-state index contributed by atoms with van der Waals surface area (Å²) in [4.78, 5) is 29.8. The molecule has 1 N–H and O–H groups in total. The summed E-state index contributed by atoms with van der Waals surface area (Å²) in [6.07, 6.45) is 6.19. The van der Waals surface area contributed by atoms with Gasteiger partial charge in [-0.2, -0.15) is 0 Å². The topological polar surface area (TPSA) is 67.2 Å². The van der Waals surface area contributed by atoms with E-state index in [0.29, 0.717) is 6.54 Å². The number of nitrogens with zero attached hydrogens (tertiary/aromatic N) is 3. The van der Waals surface area contributed by atoms with E-state index in [1.54, 1.807) is 17.4 Å². The van der Waals surface area contributed by atoms with Gasteiger partial charge in [0, 0.05) is 25.5 Å². The van der Waals surface area contributed by atoms with Crippen LogP contribution >= 0.6 is 0 Å². The van der Waals surface area contributed by atoms with Crippen LogP contribution in [0.1, 0.15) is 27.2 Å². The zero-order valence-electron chi connectivity index (χ0n) is 12.3. The Kier molecular flexibility index (Phi) is 4.11. The van der Waals surface area contributed by atoms with Crippen molar-refractivity contribution < 1.29 is 9.59 Å². The molecule has 0 bridgehead atoms. The Morgan fingerprint density at radius 3 is 2.70 bits per heavy atom. The molecule has 1 aromatic rings. The number of amides is 2.